The van der Waals surface area contributed by atoms with Crippen LogP contribution in [0.4, 0.5) is 5.69 Å². The maximum Gasteiger partial charge on any atom is 0.227 e. The summed E-state index contributed by atoms with van der Waals surface area (Å²) in [6.45, 7) is 3.90. The van der Waals surface area contributed by atoms with Gasteiger partial charge in [0.25, 0.3) is 0 Å². The Balaban J connectivity index is 1.49. The normalized spacial score (nSPS) is 18.8. The zero-order valence-corrected chi connectivity index (χ0v) is 22.2. The van der Waals surface area contributed by atoms with E-state index in [1.807, 2.05) is 36.9 Å². The smallest absolute Gasteiger partial charge is 0.227 e. The van der Waals surface area contributed by atoms with Crippen LogP contribution in [0.2, 0.25) is 5.02 Å². The van der Waals surface area contributed by atoms with E-state index in [4.69, 9.17) is 25.8 Å². The van der Waals surface area contributed by atoms with Crippen molar-refractivity contribution in [2.75, 3.05) is 12.0 Å². The standard InChI is InChI=1S/C29H31ClN4O3/c1-17-28(18(2)37-32-17)19-9-11-24-23(15-19)31-29(34(24)20-7-5-4-6-8-20)25-12-14-27(35)33(25)21-10-13-26(36-3)22(30)16-21/h9-11,13,15-16,20,25H,4-8,12,14H2,1-3H3/t25-/m0/s1. The molecule has 0 spiro atoms. The van der Waals surface area contributed by atoms with Gasteiger partial charge in [0.1, 0.15) is 17.3 Å². The number of methoxy groups -OCH3 is 1. The maximum atomic E-state index is 13.2. The van der Waals surface area contributed by atoms with Gasteiger partial charge in [-0.1, -0.05) is 42.1 Å². The van der Waals surface area contributed by atoms with E-state index in [1.54, 1.807) is 7.11 Å². The highest BCUT2D eigenvalue weighted by atomic mass is 35.5. The van der Waals surface area contributed by atoms with E-state index in [2.05, 4.69) is 27.9 Å². The van der Waals surface area contributed by atoms with Crippen molar-refractivity contribution < 1.29 is 14.1 Å². The third-order valence-electron chi connectivity index (χ3n) is 7.90. The minimum atomic E-state index is -0.159. The molecule has 6 rings (SSSR count). The lowest BCUT2D eigenvalue weighted by atomic mass is 9.94. The van der Waals surface area contributed by atoms with Crippen LogP contribution in [-0.4, -0.2) is 27.7 Å². The Kier molecular flexibility index (Phi) is 6.19. The number of fused-ring (bicyclic) bond motifs is 1. The molecule has 37 heavy (non-hydrogen) atoms. The van der Waals surface area contributed by atoms with Crippen LogP contribution in [0.3, 0.4) is 0 Å². The summed E-state index contributed by atoms with van der Waals surface area (Å²) in [5.41, 5.74) is 5.76. The first-order valence-electron chi connectivity index (χ1n) is 13.1. The molecule has 4 aromatic rings. The van der Waals surface area contributed by atoms with E-state index in [9.17, 15) is 4.79 Å². The Bertz CT molecular complexity index is 1460. The summed E-state index contributed by atoms with van der Waals surface area (Å²) in [6, 6.07) is 12.2. The number of aromatic nitrogens is 3. The molecule has 8 heteroatoms. The molecule has 2 aromatic heterocycles. The Labute approximate surface area is 221 Å². The fraction of sp³-hybridized carbons (Fsp3) is 0.414. The Morgan fingerprint density at radius 3 is 2.57 bits per heavy atom. The monoisotopic (exact) mass is 518 g/mol. The largest absolute Gasteiger partial charge is 0.495 e. The van der Waals surface area contributed by atoms with Crippen molar-refractivity contribution in [3.63, 3.8) is 0 Å². The number of halogens is 1. The SMILES string of the molecule is COc1ccc(N2C(=O)CC[C@H]2c2nc3cc(-c4c(C)noc4C)ccc3n2C2CCCCC2)cc1Cl. The van der Waals surface area contributed by atoms with E-state index >= 15 is 0 Å². The number of carbonyl (C=O) groups excluding carboxylic acids is 1. The Morgan fingerprint density at radius 2 is 1.86 bits per heavy atom. The first kappa shape index (κ1) is 24.0. The number of benzene rings is 2. The fourth-order valence-electron chi connectivity index (χ4n) is 6.18. The van der Waals surface area contributed by atoms with Crippen LogP contribution in [0.15, 0.2) is 40.9 Å². The van der Waals surface area contributed by atoms with Gasteiger partial charge in [-0.3, -0.25) is 4.79 Å². The number of ether oxygens (including phenoxy) is 1. The highest BCUT2D eigenvalue weighted by molar-refractivity contribution is 6.32. The molecule has 1 saturated heterocycles. The Morgan fingerprint density at radius 1 is 1.05 bits per heavy atom. The van der Waals surface area contributed by atoms with Gasteiger partial charge in [-0.15, -0.1) is 0 Å². The van der Waals surface area contributed by atoms with Crippen LogP contribution in [0.5, 0.6) is 5.75 Å². The van der Waals surface area contributed by atoms with E-state index < -0.39 is 0 Å². The summed E-state index contributed by atoms with van der Waals surface area (Å²) in [4.78, 5) is 20.3. The van der Waals surface area contributed by atoms with Crippen molar-refractivity contribution in [2.45, 2.75) is 70.9 Å². The average Bonchev–Trinajstić information content (AvgIpc) is 3.58. The molecule has 0 radical (unpaired) electrons. The van der Waals surface area contributed by atoms with Crippen molar-refractivity contribution in [1.29, 1.82) is 0 Å². The summed E-state index contributed by atoms with van der Waals surface area (Å²) in [6.07, 6.45) is 7.14. The fourth-order valence-corrected chi connectivity index (χ4v) is 6.44. The molecule has 1 aliphatic heterocycles. The molecule has 0 N–H and O–H groups in total. The van der Waals surface area contributed by atoms with Crippen molar-refractivity contribution >= 4 is 34.2 Å². The van der Waals surface area contributed by atoms with Gasteiger partial charge < -0.3 is 18.7 Å². The quantitative estimate of drug-likeness (QED) is 0.276. The van der Waals surface area contributed by atoms with Gasteiger partial charge in [0.2, 0.25) is 5.91 Å². The lowest BCUT2D eigenvalue weighted by Gasteiger charge is -2.30. The van der Waals surface area contributed by atoms with E-state index in [1.165, 1.54) is 19.3 Å². The Hall–Kier alpha value is -3.32. The number of anilines is 1. The molecular weight excluding hydrogens is 488 g/mol. The third-order valence-corrected chi connectivity index (χ3v) is 8.20. The second-order valence-electron chi connectivity index (χ2n) is 10.2. The molecule has 0 unspecified atom stereocenters. The molecule has 2 aliphatic rings. The minimum Gasteiger partial charge on any atom is -0.495 e. The molecule has 1 amide bonds. The zero-order valence-electron chi connectivity index (χ0n) is 21.5. The van der Waals surface area contributed by atoms with Crippen molar-refractivity contribution in [2.24, 2.45) is 0 Å². The van der Waals surface area contributed by atoms with Crippen LogP contribution in [0.1, 0.15) is 74.3 Å². The van der Waals surface area contributed by atoms with Crippen LogP contribution < -0.4 is 9.64 Å². The van der Waals surface area contributed by atoms with Crippen LogP contribution >= 0.6 is 11.6 Å². The van der Waals surface area contributed by atoms with E-state index in [0.29, 0.717) is 23.2 Å². The van der Waals surface area contributed by atoms with Crippen LogP contribution in [0.25, 0.3) is 22.2 Å². The molecule has 1 saturated carbocycles. The van der Waals surface area contributed by atoms with Crippen LogP contribution in [-0.2, 0) is 4.79 Å². The summed E-state index contributed by atoms with van der Waals surface area (Å²) in [5.74, 6) is 2.43. The highest BCUT2D eigenvalue weighted by Crippen LogP contribution is 2.43. The minimum absolute atomic E-state index is 0.0879. The van der Waals surface area contributed by atoms with Gasteiger partial charge >= 0.3 is 0 Å². The summed E-state index contributed by atoms with van der Waals surface area (Å²) < 4.78 is 13.2. The average molecular weight is 519 g/mol. The predicted octanol–water partition coefficient (Wildman–Crippen LogP) is 7.34. The highest BCUT2D eigenvalue weighted by Gasteiger charge is 2.38. The first-order chi connectivity index (χ1) is 18.0. The van der Waals surface area contributed by atoms with E-state index in [-0.39, 0.29) is 11.9 Å². The lowest BCUT2D eigenvalue weighted by molar-refractivity contribution is -0.117. The van der Waals surface area contributed by atoms with Gasteiger partial charge in [-0.25, -0.2) is 4.98 Å². The van der Waals surface area contributed by atoms with E-state index in [0.717, 1.165) is 64.4 Å². The molecule has 2 aromatic carbocycles. The van der Waals surface area contributed by atoms with Gasteiger partial charge in [0.15, 0.2) is 0 Å². The summed E-state index contributed by atoms with van der Waals surface area (Å²) in [5, 5.41) is 4.63. The number of aryl methyl sites for hydroxylation is 2. The number of amides is 1. The van der Waals surface area contributed by atoms with Gasteiger partial charge in [-0.2, -0.15) is 0 Å². The third kappa shape index (κ3) is 4.09. The molecule has 3 heterocycles. The van der Waals surface area contributed by atoms with Crippen molar-refractivity contribution in [1.82, 2.24) is 14.7 Å². The first-order valence-corrected chi connectivity index (χ1v) is 13.4. The molecule has 2 fully saturated rings. The number of rotatable bonds is 5. The zero-order chi connectivity index (χ0) is 25.7. The maximum absolute atomic E-state index is 13.2. The molecule has 1 atom stereocenters. The molecular formula is C29H31ClN4O3. The summed E-state index contributed by atoms with van der Waals surface area (Å²) in [7, 11) is 1.59. The predicted molar refractivity (Wildman–Crippen MR) is 144 cm³/mol. The van der Waals surface area contributed by atoms with Gasteiger partial charge in [-0.05, 0) is 69.0 Å². The number of hydrogen-bond donors (Lipinski definition) is 0. The number of hydrogen-bond acceptors (Lipinski definition) is 5. The summed E-state index contributed by atoms with van der Waals surface area (Å²) >= 11 is 6.46. The topological polar surface area (TPSA) is 73.4 Å². The number of carbonyl (C=O) groups is 1. The second-order valence-corrected chi connectivity index (χ2v) is 10.6. The second kappa shape index (κ2) is 9.53. The van der Waals surface area contributed by atoms with Gasteiger partial charge in [0, 0.05) is 23.7 Å². The number of nitrogens with zero attached hydrogens (tertiary/aromatic N) is 4. The molecule has 7 nitrogen and oxygen atoms in total. The lowest BCUT2D eigenvalue weighted by Crippen LogP contribution is -2.30. The van der Waals surface area contributed by atoms with Crippen molar-refractivity contribution in [3.05, 3.63) is 58.7 Å². The van der Waals surface area contributed by atoms with Crippen molar-refractivity contribution in [3.8, 4) is 16.9 Å². The molecule has 0 bridgehead atoms. The molecule has 192 valence electrons. The number of imidazole rings is 1. The molecule has 1 aliphatic carbocycles. The van der Waals surface area contributed by atoms with Gasteiger partial charge in [0.05, 0.1) is 34.9 Å². The van der Waals surface area contributed by atoms with Crippen LogP contribution in [0, 0.1) is 13.8 Å².